The largest absolute Gasteiger partial charge is 0.396 e. The van der Waals surface area contributed by atoms with E-state index in [0.29, 0.717) is 11.6 Å². The van der Waals surface area contributed by atoms with Crippen LogP contribution in [-0.4, -0.2) is 24.3 Å². The van der Waals surface area contributed by atoms with Crippen LogP contribution in [0.5, 0.6) is 0 Å². The number of hydrogen-bond acceptors (Lipinski definition) is 3. The minimum absolute atomic E-state index is 0.202. The van der Waals surface area contributed by atoms with Gasteiger partial charge in [-0.3, -0.25) is 0 Å². The van der Waals surface area contributed by atoms with Gasteiger partial charge in [-0.15, -0.1) is 0 Å². The van der Waals surface area contributed by atoms with Crippen LogP contribution in [-0.2, 0) is 0 Å². The molecule has 0 saturated carbocycles. The summed E-state index contributed by atoms with van der Waals surface area (Å²) < 4.78 is 0. The average molecular weight is 244 g/mol. The van der Waals surface area contributed by atoms with Gasteiger partial charge in [-0.1, -0.05) is 31.2 Å². The number of rotatable bonds is 6. The molecule has 0 saturated heterocycles. The molecule has 0 aliphatic rings. The second-order valence-electron chi connectivity index (χ2n) is 4.49. The summed E-state index contributed by atoms with van der Waals surface area (Å²) in [6.45, 7) is 5.05. The van der Waals surface area contributed by atoms with Crippen molar-refractivity contribution in [3.05, 3.63) is 41.5 Å². The van der Waals surface area contributed by atoms with Crippen LogP contribution in [0.15, 0.2) is 30.3 Å². The lowest BCUT2D eigenvalue weighted by molar-refractivity contribution is 0.209. The number of aliphatic hydroxyl groups excluding tert-OH is 1. The number of nitrogens with one attached hydrogen (secondary N) is 1. The molecule has 1 aromatic rings. The van der Waals surface area contributed by atoms with Gasteiger partial charge in [-0.25, -0.2) is 0 Å². The average Bonchev–Trinajstić information content (AvgIpc) is 2.43. The van der Waals surface area contributed by atoms with Gasteiger partial charge < -0.3 is 10.4 Å². The molecule has 1 aromatic carbocycles. The summed E-state index contributed by atoms with van der Waals surface area (Å²) in [5.74, 6) is 0.258. The molecule has 0 radical (unpaired) electrons. The van der Waals surface area contributed by atoms with Crippen LogP contribution >= 0.6 is 0 Å². The van der Waals surface area contributed by atoms with Crippen molar-refractivity contribution in [3.8, 4) is 6.07 Å². The Balaban J connectivity index is 2.38. The Labute approximate surface area is 109 Å². The summed E-state index contributed by atoms with van der Waals surface area (Å²) in [5.41, 5.74) is 1.76. The van der Waals surface area contributed by atoms with Crippen molar-refractivity contribution in [3.63, 3.8) is 0 Å². The molecule has 0 aromatic heterocycles. The first-order chi connectivity index (χ1) is 8.67. The molecule has 2 N–H and O–H groups in total. The van der Waals surface area contributed by atoms with E-state index in [1.807, 2.05) is 43.3 Å². The Bertz CT molecular complexity index is 417. The number of nitrogens with zero attached hydrogens (tertiary/aromatic N) is 1. The van der Waals surface area contributed by atoms with Gasteiger partial charge in [0.15, 0.2) is 0 Å². The highest BCUT2D eigenvalue weighted by Crippen LogP contribution is 2.05. The first-order valence-corrected chi connectivity index (χ1v) is 6.18. The van der Waals surface area contributed by atoms with Gasteiger partial charge in [0.25, 0.3) is 0 Å². The van der Waals surface area contributed by atoms with Crippen molar-refractivity contribution in [1.29, 1.82) is 5.26 Å². The van der Waals surface area contributed by atoms with E-state index in [9.17, 15) is 0 Å². The number of hydrogen-bond donors (Lipinski definition) is 2. The van der Waals surface area contributed by atoms with Gasteiger partial charge in [0.2, 0.25) is 0 Å². The zero-order chi connectivity index (χ0) is 13.4. The number of benzene rings is 1. The Morgan fingerprint density at radius 3 is 2.56 bits per heavy atom. The van der Waals surface area contributed by atoms with E-state index in [1.54, 1.807) is 0 Å². The lowest BCUT2D eigenvalue weighted by Gasteiger charge is -2.17. The molecule has 0 spiro atoms. The molecular weight excluding hydrogens is 224 g/mol. The van der Waals surface area contributed by atoms with Crippen LogP contribution in [0.4, 0.5) is 0 Å². The Hall–Kier alpha value is -1.63. The van der Waals surface area contributed by atoms with Crippen LogP contribution < -0.4 is 5.32 Å². The maximum atomic E-state index is 9.00. The van der Waals surface area contributed by atoms with E-state index >= 15 is 0 Å². The zero-order valence-corrected chi connectivity index (χ0v) is 10.9. The molecule has 0 aliphatic heterocycles. The summed E-state index contributed by atoms with van der Waals surface area (Å²) in [6.07, 6.45) is 4.06. The van der Waals surface area contributed by atoms with Crippen LogP contribution in [0.1, 0.15) is 25.0 Å². The number of aliphatic hydroxyl groups is 1. The van der Waals surface area contributed by atoms with Crippen LogP contribution in [0.2, 0.25) is 0 Å². The predicted molar refractivity (Wildman–Crippen MR) is 73.9 cm³/mol. The third kappa shape index (κ3) is 4.70. The summed E-state index contributed by atoms with van der Waals surface area (Å²) in [7, 11) is 0. The maximum absolute atomic E-state index is 9.00. The molecule has 2 unspecified atom stereocenters. The molecule has 0 bridgehead atoms. The Morgan fingerprint density at radius 1 is 1.33 bits per heavy atom. The van der Waals surface area contributed by atoms with Gasteiger partial charge in [0.05, 0.1) is 11.6 Å². The van der Waals surface area contributed by atoms with Crippen molar-refractivity contribution in [2.75, 3.05) is 13.2 Å². The lowest BCUT2D eigenvalue weighted by atomic mass is 10.1. The molecule has 0 heterocycles. The molecule has 0 fully saturated rings. The van der Waals surface area contributed by atoms with Gasteiger partial charge in [0, 0.05) is 19.2 Å². The van der Waals surface area contributed by atoms with Gasteiger partial charge >= 0.3 is 0 Å². The van der Waals surface area contributed by atoms with Gasteiger partial charge in [-0.2, -0.15) is 5.26 Å². The highest BCUT2D eigenvalue weighted by atomic mass is 16.3. The van der Waals surface area contributed by atoms with Crippen molar-refractivity contribution >= 4 is 6.08 Å². The third-order valence-corrected chi connectivity index (χ3v) is 3.05. The van der Waals surface area contributed by atoms with E-state index in [4.69, 9.17) is 10.4 Å². The van der Waals surface area contributed by atoms with Crippen molar-refractivity contribution in [2.45, 2.75) is 19.9 Å². The van der Waals surface area contributed by atoms with Gasteiger partial charge in [0.1, 0.15) is 0 Å². The molecule has 1 rings (SSSR count). The molecule has 18 heavy (non-hydrogen) atoms. The minimum Gasteiger partial charge on any atom is -0.396 e. The SMILES string of the molecule is CC(CO)C(C)NC/C=C/c1ccc(C#N)cc1. The van der Waals surface area contributed by atoms with E-state index in [2.05, 4.69) is 18.3 Å². The molecule has 3 heteroatoms. The van der Waals surface area contributed by atoms with Crippen LogP contribution in [0.3, 0.4) is 0 Å². The molecule has 96 valence electrons. The maximum Gasteiger partial charge on any atom is 0.0991 e. The monoisotopic (exact) mass is 244 g/mol. The fourth-order valence-electron chi connectivity index (χ4n) is 1.48. The fourth-order valence-corrected chi connectivity index (χ4v) is 1.48. The fraction of sp³-hybridized carbons (Fsp3) is 0.400. The first-order valence-electron chi connectivity index (χ1n) is 6.18. The Kier molecular flexibility index (Phi) is 6.13. The topological polar surface area (TPSA) is 56.0 Å². The molecule has 3 nitrogen and oxygen atoms in total. The Morgan fingerprint density at radius 2 is 2.00 bits per heavy atom. The smallest absolute Gasteiger partial charge is 0.0991 e. The quantitative estimate of drug-likeness (QED) is 0.806. The second-order valence-corrected chi connectivity index (χ2v) is 4.49. The third-order valence-electron chi connectivity index (χ3n) is 3.05. The molecule has 0 aliphatic carbocycles. The lowest BCUT2D eigenvalue weighted by Crippen LogP contribution is -2.33. The van der Waals surface area contributed by atoms with E-state index in [1.165, 1.54) is 0 Å². The second kappa shape index (κ2) is 7.65. The molecule has 0 amide bonds. The summed E-state index contributed by atoms with van der Waals surface area (Å²) in [6, 6.07) is 9.86. The van der Waals surface area contributed by atoms with Gasteiger partial charge in [-0.05, 0) is 30.5 Å². The standard InChI is InChI=1S/C15H20N2O/c1-12(11-18)13(2)17-9-3-4-14-5-7-15(10-16)8-6-14/h3-8,12-13,17-18H,9,11H2,1-2H3/b4-3+. The highest BCUT2D eigenvalue weighted by Gasteiger charge is 2.08. The summed E-state index contributed by atoms with van der Waals surface area (Å²) >= 11 is 0. The predicted octanol–water partition coefficient (Wildman–Crippen LogP) is 2.18. The first kappa shape index (κ1) is 14.4. The zero-order valence-electron chi connectivity index (χ0n) is 10.9. The highest BCUT2D eigenvalue weighted by molar-refractivity contribution is 5.51. The van der Waals surface area contributed by atoms with Crippen LogP contribution in [0.25, 0.3) is 6.08 Å². The van der Waals surface area contributed by atoms with E-state index < -0.39 is 0 Å². The van der Waals surface area contributed by atoms with Crippen molar-refractivity contribution in [2.24, 2.45) is 5.92 Å². The number of nitriles is 1. The minimum atomic E-state index is 0.202. The normalized spacial score (nSPS) is 14.3. The molecular formula is C15H20N2O. The van der Waals surface area contributed by atoms with Crippen molar-refractivity contribution < 1.29 is 5.11 Å². The summed E-state index contributed by atoms with van der Waals surface area (Å²) in [4.78, 5) is 0. The van der Waals surface area contributed by atoms with E-state index in [-0.39, 0.29) is 12.5 Å². The van der Waals surface area contributed by atoms with Crippen molar-refractivity contribution in [1.82, 2.24) is 5.32 Å². The van der Waals surface area contributed by atoms with E-state index in [0.717, 1.165) is 12.1 Å². The summed E-state index contributed by atoms with van der Waals surface area (Å²) in [5, 5.41) is 21.0. The van der Waals surface area contributed by atoms with Crippen LogP contribution in [0, 0.1) is 17.2 Å². The molecule has 2 atom stereocenters.